The second-order valence-corrected chi connectivity index (χ2v) is 5.50. The SMILES string of the molecule is Cc1csc(=O)n1CCCC(=O)N1CCC(O)C1. The summed E-state index contributed by atoms with van der Waals surface area (Å²) in [5, 5.41) is 11.2. The van der Waals surface area contributed by atoms with E-state index in [-0.39, 0.29) is 16.9 Å². The standard InChI is InChI=1S/C12H18N2O3S/c1-9-8-18-12(17)14(9)5-2-3-11(16)13-6-4-10(15)7-13/h8,10,15H,2-7H2,1H3. The number of aliphatic hydroxyl groups excluding tert-OH is 1. The lowest BCUT2D eigenvalue weighted by molar-refractivity contribution is -0.130. The van der Waals surface area contributed by atoms with Gasteiger partial charge in [0, 0.05) is 37.1 Å². The molecular weight excluding hydrogens is 252 g/mol. The Labute approximate surface area is 110 Å². The van der Waals surface area contributed by atoms with Crippen LogP contribution >= 0.6 is 11.3 Å². The highest BCUT2D eigenvalue weighted by Crippen LogP contribution is 2.11. The molecule has 0 aromatic carbocycles. The van der Waals surface area contributed by atoms with E-state index in [1.54, 1.807) is 9.47 Å². The average molecular weight is 270 g/mol. The van der Waals surface area contributed by atoms with Crippen molar-refractivity contribution in [3.8, 4) is 0 Å². The van der Waals surface area contributed by atoms with Gasteiger partial charge in [0.2, 0.25) is 5.91 Å². The summed E-state index contributed by atoms with van der Waals surface area (Å²) in [7, 11) is 0. The van der Waals surface area contributed by atoms with Crippen molar-refractivity contribution in [3.63, 3.8) is 0 Å². The van der Waals surface area contributed by atoms with Crippen LogP contribution in [0.15, 0.2) is 10.2 Å². The number of carbonyl (C=O) groups is 1. The van der Waals surface area contributed by atoms with Gasteiger partial charge in [-0.15, -0.1) is 0 Å². The van der Waals surface area contributed by atoms with Crippen molar-refractivity contribution in [2.24, 2.45) is 0 Å². The van der Waals surface area contributed by atoms with E-state index in [1.807, 2.05) is 12.3 Å². The molecule has 1 aliphatic heterocycles. The zero-order valence-corrected chi connectivity index (χ0v) is 11.3. The Morgan fingerprint density at radius 2 is 2.39 bits per heavy atom. The molecule has 0 saturated carbocycles. The van der Waals surface area contributed by atoms with Crippen LogP contribution in [-0.4, -0.2) is 39.7 Å². The van der Waals surface area contributed by atoms with E-state index in [0.29, 0.717) is 38.9 Å². The van der Waals surface area contributed by atoms with Crippen molar-refractivity contribution in [2.45, 2.75) is 38.8 Å². The zero-order valence-electron chi connectivity index (χ0n) is 10.5. The van der Waals surface area contributed by atoms with Crippen molar-refractivity contribution >= 4 is 17.2 Å². The van der Waals surface area contributed by atoms with Crippen LogP contribution in [0.2, 0.25) is 0 Å². The van der Waals surface area contributed by atoms with Crippen LogP contribution in [0.25, 0.3) is 0 Å². The minimum absolute atomic E-state index is 0.0385. The number of β-amino-alcohol motifs (C(OH)–C–C–N with tert-alkyl or cyclic N) is 1. The molecule has 1 aliphatic rings. The lowest BCUT2D eigenvalue weighted by atomic mass is 10.2. The first kappa shape index (κ1) is 13.3. The first-order chi connectivity index (χ1) is 8.58. The van der Waals surface area contributed by atoms with Gasteiger partial charge in [-0.3, -0.25) is 9.59 Å². The molecule has 1 unspecified atom stereocenters. The van der Waals surface area contributed by atoms with Gasteiger partial charge in [0.05, 0.1) is 6.10 Å². The zero-order chi connectivity index (χ0) is 13.1. The second kappa shape index (κ2) is 5.67. The third-order valence-corrected chi connectivity index (χ3v) is 4.15. The summed E-state index contributed by atoms with van der Waals surface area (Å²) in [6, 6.07) is 0. The largest absolute Gasteiger partial charge is 0.391 e. The molecule has 0 radical (unpaired) electrons. The van der Waals surface area contributed by atoms with Crippen molar-refractivity contribution in [1.82, 2.24) is 9.47 Å². The van der Waals surface area contributed by atoms with E-state index in [2.05, 4.69) is 0 Å². The van der Waals surface area contributed by atoms with Crippen molar-refractivity contribution in [3.05, 3.63) is 20.7 Å². The molecule has 5 nitrogen and oxygen atoms in total. The predicted molar refractivity (Wildman–Crippen MR) is 69.8 cm³/mol. The average Bonchev–Trinajstić information content (AvgIpc) is 2.89. The fraction of sp³-hybridized carbons (Fsp3) is 0.667. The molecule has 1 atom stereocenters. The summed E-state index contributed by atoms with van der Waals surface area (Å²) in [5.41, 5.74) is 0.953. The number of aliphatic hydroxyl groups is 1. The maximum atomic E-state index is 11.8. The summed E-state index contributed by atoms with van der Waals surface area (Å²) in [6.45, 7) is 3.60. The molecule has 2 rings (SSSR count). The summed E-state index contributed by atoms with van der Waals surface area (Å²) < 4.78 is 1.71. The second-order valence-electron chi connectivity index (χ2n) is 4.68. The van der Waals surface area contributed by atoms with Crippen LogP contribution < -0.4 is 4.87 Å². The Morgan fingerprint density at radius 3 is 2.94 bits per heavy atom. The predicted octanol–water partition coefficient (Wildman–Crippen LogP) is 0.592. The molecular formula is C12H18N2O3S. The van der Waals surface area contributed by atoms with E-state index in [9.17, 15) is 14.7 Å². The lowest BCUT2D eigenvalue weighted by Gasteiger charge is -2.15. The van der Waals surface area contributed by atoms with Crippen LogP contribution in [0, 0.1) is 6.92 Å². The molecule has 0 aliphatic carbocycles. The van der Waals surface area contributed by atoms with Gasteiger partial charge in [-0.1, -0.05) is 11.3 Å². The first-order valence-corrected chi connectivity index (χ1v) is 7.06. The number of carbonyl (C=O) groups excluding carboxylic acids is 1. The summed E-state index contributed by atoms with van der Waals surface area (Å²) in [6.07, 6.45) is 1.42. The third kappa shape index (κ3) is 3.00. The van der Waals surface area contributed by atoms with E-state index in [1.165, 1.54) is 11.3 Å². The highest BCUT2D eigenvalue weighted by Gasteiger charge is 2.23. The van der Waals surface area contributed by atoms with Gasteiger partial charge in [-0.25, -0.2) is 0 Å². The Bertz CT molecular complexity index is 480. The number of aryl methyl sites for hydroxylation is 1. The first-order valence-electron chi connectivity index (χ1n) is 6.18. The third-order valence-electron chi connectivity index (χ3n) is 3.26. The quantitative estimate of drug-likeness (QED) is 0.871. The van der Waals surface area contributed by atoms with Crippen LogP contribution in [-0.2, 0) is 11.3 Å². The maximum Gasteiger partial charge on any atom is 0.307 e. The van der Waals surface area contributed by atoms with Crippen molar-refractivity contribution < 1.29 is 9.90 Å². The topological polar surface area (TPSA) is 62.5 Å². The van der Waals surface area contributed by atoms with Gasteiger partial charge in [0.1, 0.15) is 0 Å². The van der Waals surface area contributed by atoms with Crippen molar-refractivity contribution in [1.29, 1.82) is 0 Å². The molecule has 1 amide bonds. The number of amides is 1. The molecule has 0 bridgehead atoms. The van der Waals surface area contributed by atoms with Gasteiger partial charge in [0.25, 0.3) is 0 Å². The van der Waals surface area contributed by atoms with Gasteiger partial charge in [-0.2, -0.15) is 0 Å². The number of hydrogen-bond acceptors (Lipinski definition) is 4. The van der Waals surface area contributed by atoms with Crippen LogP contribution in [0.3, 0.4) is 0 Å². The monoisotopic (exact) mass is 270 g/mol. The smallest absolute Gasteiger partial charge is 0.307 e. The number of likely N-dealkylation sites (tertiary alicyclic amines) is 1. The molecule has 1 N–H and O–H groups in total. The fourth-order valence-electron chi connectivity index (χ4n) is 2.19. The van der Waals surface area contributed by atoms with Crippen LogP contribution in [0.4, 0.5) is 0 Å². The number of hydrogen-bond donors (Lipinski definition) is 1. The Hall–Kier alpha value is -1.14. The number of nitrogens with zero attached hydrogens (tertiary/aromatic N) is 2. The highest BCUT2D eigenvalue weighted by atomic mass is 32.1. The molecule has 1 aromatic heterocycles. The Balaban J connectivity index is 1.79. The molecule has 2 heterocycles. The Kier molecular flexibility index (Phi) is 4.19. The van der Waals surface area contributed by atoms with Crippen molar-refractivity contribution in [2.75, 3.05) is 13.1 Å². The van der Waals surface area contributed by atoms with E-state index in [4.69, 9.17) is 0 Å². The normalized spacial score (nSPS) is 19.4. The van der Waals surface area contributed by atoms with Gasteiger partial charge >= 0.3 is 4.87 Å². The molecule has 1 fully saturated rings. The number of thiazole rings is 1. The van der Waals surface area contributed by atoms with Crippen LogP contribution in [0.1, 0.15) is 25.0 Å². The van der Waals surface area contributed by atoms with E-state index >= 15 is 0 Å². The number of rotatable bonds is 4. The summed E-state index contributed by atoms with van der Waals surface area (Å²) in [5.74, 6) is 0.0764. The van der Waals surface area contributed by atoms with Gasteiger partial charge < -0.3 is 14.6 Å². The number of aromatic nitrogens is 1. The molecule has 18 heavy (non-hydrogen) atoms. The summed E-state index contributed by atoms with van der Waals surface area (Å²) in [4.78, 5) is 25.0. The van der Waals surface area contributed by atoms with Gasteiger partial charge in [0.15, 0.2) is 0 Å². The minimum atomic E-state index is -0.365. The molecule has 6 heteroatoms. The minimum Gasteiger partial charge on any atom is -0.391 e. The van der Waals surface area contributed by atoms with E-state index in [0.717, 1.165) is 5.69 Å². The molecule has 0 spiro atoms. The molecule has 100 valence electrons. The van der Waals surface area contributed by atoms with E-state index < -0.39 is 0 Å². The van der Waals surface area contributed by atoms with Gasteiger partial charge in [-0.05, 0) is 19.8 Å². The van der Waals surface area contributed by atoms with Crippen LogP contribution in [0.5, 0.6) is 0 Å². The molecule has 1 aromatic rings. The fourth-order valence-corrected chi connectivity index (χ4v) is 2.95. The molecule has 1 saturated heterocycles. The maximum absolute atomic E-state index is 11.8. The Morgan fingerprint density at radius 1 is 1.61 bits per heavy atom. The summed E-state index contributed by atoms with van der Waals surface area (Å²) >= 11 is 1.19. The lowest BCUT2D eigenvalue weighted by Crippen LogP contribution is -2.29. The highest BCUT2D eigenvalue weighted by molar-refractivity contribution is 7.07.